The van der Waals surface area contributed by atoms with Gasteiger partial charge >= 0.3 is 0 Å². The molecule has 2 aromatic carbocycles. The van der Waals surface area contributed by atoms with Crippen LogP contribution in [0.15, 0.2) is 41.3 Å². The zero-order chi connectivity index (χ0) is 21.0. The minimum Gasteiger partial charge on any atom is -0.494 e. The largest absolute Gasteiger partial charge is 0.494 e. The first-order valence-electron chi connectivity index (χ1n) is 9.54. The van der Waals surface area contributed by atoms with Gasteiger partial charge in [-0.1, -0.05) is 0 Å². The molecular formula is C21H26N2O5S. The quantitative estimate of drug-likeness (QED) is 0.747. The van der Waals surface area contributed by atoms with Crippen molar-refractivity contribution < 1.29 is 22.7 Å². The fraction of sp³-hybridized carbons (Fsp3) is 0.381. The highest BCUT2D eigenvalue weighted by atomic mass is 32.2. The lowest BCUT2D eigenvalue weighted by Crippen LogP contribution is -2.37. The standard InChI is InChI=1S/C21H26N2O5S/c1-4-28-20-10-8-18(12-15(20)2)29(25,26)22-17-7-9-19-16(13-17)6-5-11-23(19)21(24)14-27-3/h7-10,12-13,22H,4-6,11,14H2,1-3H3. The lowest BCUT2D eigenvalue weighted by atomic mass is 10.0. The number of carbonyl (C=O) groups is 1. The van der Waals surface area contributed by atoms with Crippen LogP contribution in [-0.4, -0.2) is 41.2 Å². The number of hydrogen-bond acceptors (Lipinski definition) is 5. The molecule has 29 heavy (non-hydrogen) atoms. The maximum absolute atomic E-state index is 12.8. The number of anilines is 2. The number of aryl methyl sites for hydroxylation is 2. The number of benzene rings is 2. The highest BCUT2D eigenvalue weighted by Crippen LogP contribution is 2.31. The SMILES string of the molecule is CCOc1ccc(S(=O)(=O)Nc2ccc3c(c2)CCCN3C(=O)COC)cc1C. The smallest absolute Gasteiger partial charge is 0.261 e. The Morgan fingerprint density at radius 2 is 2.00 bits per heavy atom. The van der Waals surface area contributed by atoms with E-state index in [0.29, 0.717) is 24.6 Å². The van der Waals surface area contributed by atoms with Gasteiger partial charge in [-0.3, -0.25) is 9.52 Å². The third kappa shape index (κ3) is 4.71. The van der Waals surface area contributed by atoms with Crippen molar-refractivity contribution in [1.29, 1.82) is 0 Å². The van der Waals surface area contributed by atoms with Crippen LogP contribution in [0.5, 0.6) is 5.75 Å². The molecule has 0 bridgehead atoms. The van der Waals surface area contributed by atoms with Crippen LogP contribution >= 0.6 is 0 Å². The van der Waals surface area contributed by atoms with Gasteiger partial charge in [0.15, 0.2) is 0 Å². The average Bonchev–Trinajstić information content (AvgIpc) is 2.69. The molecule has 0 spiro atoms. The second-order valence-electron chi connectivity index (χ2n) is 6.89. The molecule has 3 rings (SSSR count). The van der Waals surface area contributed by atoms with Gasteiger partial charge in [0.2, 0.25) is 0 Å². The van der Waals surface area contributed by atoms with Crippen molar-refractivity contribution >= 4 is 27.3 Å². The van der Waals surface area contributed by atoms with E-state index in [1.54, 1.807) is 35.2 Å². The Labute approximate surface area is 171 Å². The van der Waals surface area contributed by atoms with Gasteiger partial charge in [-0.05, 0) is 74.2 Å². The Hall–Kier alpha value is -2.58. The van der Waals surface area contributed by atoms with Gasteiger partial charge in [0.25, 0.3) is 15.9 Å². The molecule has 0 aromatic heterocycles. The number of rotatable bonds is 7. The Morgan fingerprint density at radius 3 is 2.69 bits per heavy atom. The van der Waals surface area contributed by atoms with Gasteiger partial charge in [0.05, 0.1) is 11.5 Å². The van der Waals surface area contributed by atoms with Crippen LogP contribution < -0.4 is 14.4 Å². The molecule has 0 radical (unpaired) electrons. The van der Waals surface area contributed by atoms with E-state index in [1.807, 2.05) is 13.8 Å². The van der Waals surface area contributed by atoms with Crippen molar-refractivity contribution in [3.63, 3.8) is 0 Å². The Morgan fingerprint density at radius 1 is 1.21 bits per heavy atom. The van der Waals surface area contributed by atoms with Gasteiger partial charge in [-0.15, -0.1) is 0 Å². The van der Waals surface area contributed by atoms with Crippen LogP contribution in [0.3, 0.4) is 0 Å². The molecule has 156 valence electrons. The number of sulfonamides is 1. The van der Waals surface area contributed by atoms with Crippen molar-refractivity contribution in [3.05, 3.63) is 47.5 Å². The first-order chi connectivity index (χ1) is 13.9. The van der Waals surface area contributed by atoms with Crippen molar-refractivity contribution in [3.8, 4) is 5.75 Å². The van der Waals surface area contributed by atoms with Crippen LogP contribution in [0.4, 0.5) is 11.4 Å². The van der Waals surface area contributed by atoms with Gasteiger partial charge < -0.3 is 14.4 Å². The van der Waals surface area contributed by atoms with Crippen molar-refractivity contribution in [2.45, 2.75) is 31.6 Å². The monoisotopic (exact) mass is 418 g/mol. The van der Waals surface area contributed by atoms with Gasteiger partial charge in [-0.25, -0.2) is 8.42 Å². The molecule has 0 unspecified atom stereocenters. The third-order valence-corrected chi connectivity index (χ3v) is 6.15. The highest BCUT2D eigenvalue weighted by Gasteiger charge is 2.23. The Balaban J connectivity index is 1.83. The summed E-state index contributed by atoms with van der Waals surface area (Å²) in [5.74, 6) is 0.563. The van der Waals surface area contributed by atoms with E-state index in [0.717, 1.165) is 29.7 Å². The van der Waals surface area contributed by atoms with E-state index in [4.69, 9.17) is 9.47 Å². The predicted octanol–water partition coefficient (Wildman–Crippen LogP) is 3.12. The number of nitrogens with one attached hydrogen (secondary N) is 1. The Kier molecular flexibility index (Phi) is 6.44. The normalized spacial score (nSPS) is 13.7. The van der Waals surface area contributed by atoms with E-state index in [1.165, 1.54) is 13.2 Å². The summed E-state index contributed by atoms with van der Waals surface area (Å²) >= 11 is 0. The number of amides is 1. The fourth-order valence-electron chi connectivity index (χ4n) is 3.44. The summed E-state index contributed by atoms with van der Waals surface area (Å²) in [5.41, 5.74) is 2.96. The molecule has 1 aliphatic rings. The number of ether oxygens (including phenoxy) is 2. The van der Waals surface area contributed by atoms with Crippen molar-refractivity contribution in [2.24, 2.45) is 0 Å². The molecule has 2 aromatic rings. The van der Waals surface area contributed by atoms with Crippen molar-refractivity contribution in [1.82, 2.24) is 0 Å². The van der Waals surface area contributed by atoms with Gasteiger partial charge in [0.1, 0.15) is 12.4 Å². The zero-order valence-corrected chi connectivity index (χ0v) is 17.7. The molecule has 1 amide bonds. The molecular weight excluding hydrogens is 392 g/mol. The van der Waals surface area contributed by atoms with Crippen LogP contribution in [0.25, 0.3) is 0 Å². The van der Waals surface area contributed by atoms with Crippen LogP contribution in [0.1, 0.15) is 24.5 Å². The van der Waals surface area contributed by atoms with E-state index >= 15 is 0 Å². The highest BCUT2D eigenvalue weighted by molar-refractivity contribution is 7.92. The van der Waals surface area contributed by atoms with Gasteiger partial charge in [0, 0.05) is 25.0 Å². The molecule has 0 aliphatic carbocycles. The minimum absolute atomic E-state index is 0.0188. The fourth-order valence-corrected chi connectivity index (χ4v) is 4.58. The molecule has 0 saturated heterocycles. The van der Waals surface area contributed by atoms with E-state index in [-0.39, 0.29) is 17.4 Å². The van der Waals surface area contributed by atoms with E-state index in [2.05, 4.69) is 4.72 Å². The first kappa shape index (κ1) is 21.1. The number of methoxy groups -OCH3 is 1. The second kappa shape index (κ2) is 8.84. The summed E-state index contributed by atoms with van der Waals surface area (Å²) < 4.78 is 38.7. The molecule has 0 atom stereocenters. The Bertz CT molecular complexity index is 1000. The lowest BCUT2D eigenvalue weighted by Gasteiger charge is -2.29. The summed E-state index contributed by atoms with van der Waals surface area (Å²) in [6.07, 6.45) is 1.60. The molecule has 1 heterocycles. The number of carbonyl (C=O) groups excluding carboxylic acids is 1. The minimum atomic E-state index is -3.74. The molecule has 8 heteroatoms. The predicted molar refractivity (Wildman–Crippen MR) is 112 cm³/mol. The summed E-state index contributed by atoms with van der Waals surface area (Å²) in [6.45, 7) is 4.86. The number of fused-ring (bicyclic) bond motifs is 1. The van der Waals surface area contributed by atoms with E-state index < -0.39 is 10.0 Å². The van der Waals surface area contributed by atoms with Crippen LogP contribution in [-0.2, 0) is 26.0 Å². The molecule has 7 nitrogen and oxygen atoms in total. The average molecular weight is 419 g/mol. The van der Waals surface area contributed by atoms with Crippen LogP contribution in [0.2, 0.25) is 0 Å². The maximum atomic E-state index is 12.8. The first-order valence-corrected chi connectivity index (χ1v) is 11.0. The maximum Gasteiger partial charge on any atom is 0.261 e. The topological polar surface area (TPSA) is 84.9 Å². The van der Waals surface area contributed by atoms with Crippen molar-refractivity contribution in [2.75, 3.05) is 36.5 Å². The molecule has 0 saturated carbocycles. The third-order valence-electron chi connectivity index (χ3n) is 4.78. The zero-order valence-electron chi connectivity index (χ0n) is 16.9. The second-order valence-corrected chi connectivity index (χ2v) is 8.57. The van der Waals surface area contributed by atoms with E-state index in [9.17, 15) is 13.2 Å². The summed E-state index contributed by atoms with van der Waals surface area (Å²) in [7, 11) is -2.25. The number of hydrogen-bond donors (Lipinski definition) is 1. The lowest BCUT2D eigenvalue weighted by molar-refractivity contribution is -0.122. The summed E-state index contributed by atoms with van der Waals surface area (Å²) in [4.78, 5) is 14.1. The summed E-state index contributed by atoms with van der Waals surface area (Å²) in [5, 5.41) is 0. The molecule has 1 N–H and O–H groups in total. The van der Waals surface area contributed by atoms with Crippen LogP contribution in [0, 0.1) is 6.92 Å². The molecule has 0 fully saturated rings. The number of nitrogens with zero attached hydrogens (tertiary/aromatic N) is 1. The molecule has 1 aliphatic heterocycles. The van der Waals surface area contributed by atoms with Gasteiger partial charge in [-0.2, -0.15) is 0 Å². The summed E-state index contributed by atoms with van der Waals surface area (Å²) in [6, 6.07) is 10.0.